The van der Waals surface area contributed by atoms with Crippen LogP contribution in [0.25, 0.3) is 0 Å². The van der Waals surface area contributed by atoms with Crippen LogP contribution in [-0.4, -0.2) is 30.3 Å². The van der Waals surface area contributed by atoms with Gasteiger partial charge in [-0.1, -0.05) is 18.2 Å². The quantitative estimate of drug-likeness (QED) is 0.922. The van der Waals surface area contributed by atoms with Crippen LogP contribution in [-0.2, 0) is 16.0 Å². The topological polar surface area (TPSA) is 49.4 Å². The van der Waals surface area contributed by atoms with E-state index in [0.717, 1.165) is 21.7 Å². The maximum atomic E-state index is 12.1. The van der Waals surface area contributed by atoms with Gasteiger partial charge >= 0.3 is 0 Å². The van der Waals surface area contributed by atoms with Crippen molar-refractivity contribution in [2.45, 2.75) is 20.3 Å². The number of carbonyl (C=O) groups excluding carboxylic acids is 2. The van der Waals surface area contributed by atoms with E-state index in [9.17, 15) is 9.59 Å². The van der Waals surface area contributed by atoms with Crippen LogP contribution < -0.4 is 5.32 Å². The largest absolute Gasteiger partial charge is 0.336 e. The normalized spacial score (nSPS) is 10.3. The molecule has 0 radical (unpaired) electrons. The number of hydrogen-bond acceptors (Lipinski definition) is 3. The third-order valence-corrected chi connectivity index (χ3v) is 4.47. The summed E-state index contributed by atoms with van der Waals surface area (Å²) >= 11 is 1.55. The molecule has 4 nitrogen and oxygen atoms in total. The maximum absolute atomic E-state index is 12.1. The molecule has 0 saturated heterocycles. The highest BCUT2D eigenvalue weighted by molar-refractivity contribution is 7.10. The summed E-state index contributed by atoms with van der Waals surface area (Å²) in [6.07, 6.45) is 0.338. The Kier molecular flexibility index (Phi) is 5.33. The number of amides is 2. The first kappa shape index (κ1) is 16.2. The number of anilines is 1. The fourth-order valence-electron chi connectivity index (χ4n) is 2.08. The van der Waals surface area contributed by atoms with Crippen molar-refractivity contribution in [3.8, 4) is 0 Å². The van der Waals surface area contributed by atoms with Crippen LogP contribution in [0.3, 0.4) is 0 Å². The highest BCUT2D eigenvalue weighted by Gasteiger charge is 2.14. The number of nitrogens with one attached hydrogen (secondary N) is 1. The molecule has 2 rings (SSSR count). The zero-order valence-electron chi connectivity index (χ0n) is 13.1. The van der Waals surface area contributed by atoms with Crippen molar-refractivity contribution in [1.29, 1.82) is 0 Å². The third kappa shape index (κ3) is 4.18. The first-order chi connectivity index (χ1) is 10.5. The summed E-state index contributed by atoms with van der Waals surface area (Å²) in [5.74, 6) is -0.241. The van der Waals surface area contributed by atoms with E-state index in [1.807, 2.05) is 49.6 Å². The van der Waals surface area contributed by atoms with Crippen LogP contribution in [0.15, 0.2) is 35.7 Å². The monoisotopic (exact) mass is 316 g/mol. The lowest BCUT2D eigenvalue weighted by molar-refractivity contribution is -0.132. The van der Waals surface area contributed by atoms with Gasteiger partial charge in [0.25, 0.3) is 0 Å². The highest BCUT2D eigenvalue weighted by Crippen LogP contribution is 2.17. The van der Waals surface area contributed by atoms with Crippen molar-refractivity contribution in [1.82, 2.24) is 4.90 Å². The summed E-state index contributed by atoms with van der Waals surface area (Å²) in [6.45, 7) is 4.02. The molecule has 0 unspecified atom stereocenters. The molecule has 116 valence electrons. The smallest absolute Gasteiger partial charge is 0.243 e. The second kappa shape index (κ2) is 7.22. The van der Waals surface area contributed by atoms with E-state index in [1.165, 1.54) is 4.90 Å². The van der Waals surface area contributed by atoms with Gasteiger partial charge in [0.1, 0.15) is 0 Å². The number of benzene rings is 1. The van der Waals surface area contributed by atoms with Gasteiger partial charge < -0.3 is 10.2 Å². The summed E-state index contributed by atoms with van der Waals surface area (Å²) in [5, 5.41) is 4.81. The number of nitrogens with zero attached hydrogens (tertiary/aromatic N) is 1. The molecule has 1 aromatic heterocycles. The Labute approximate surface area is 134 Å². The minimum atomic E-state index is -0.185. The number of carbonyl (C=O) groups is 2. The van der Waals surface area contributed by atoms with Gasteiger partial charge in [-0.3, -0.25) is 9.59 Å². The summed E-state index contributed by atoms with van der Waals surface area (Å²) in [6, 6.07) is 9.62. The zero-order chi connectivity index (χ0) is 16.1. The number of thiophene rings is 1. The van der Waals surface area contributed by atoms with Gasteiger partial charge in [-0.05, 0) is 42.5 Å². The molecular weight excluding hydrogens is 296 g/mol. The molecule has 0 aliphatic rings. The lowest BCUT2D eigenvalue weighted by atomic mass is 10.1. The van der Waals surface area contributed by atoms with Crippen LogP contribution in [0.4, 0.5) is 5.69 Å². The fraction of sp³-hybridized carbons (Fsp3) is 0.294. The SMILES string of the molecule is Cc1cccc(NC(=O)CN(C)C(=O)Cc2cccs2)c1C. The van der Waals surface area contributed by atoms with Gasteiger partial charge in [0, 0.05) is 17.6 Å². The van der Waals surface area contributed by atoms with Crippen molar-refractivity contribution in [2.75, 3.05) is 18.9 Å². The Balaban J connectivity index is 1.91. The van der Waals surface area contributed by atoms with E-state index < -0.39 is 0 Å². The highest BCUT2D eigenvalue weighted by atomic mass is 32.1. The number of likely N-dealkylation sites (N-methyl/N-ethyl adjacent to an activating group) is 1. The lowest BCUT2D eigenvalue weighted by Crippen LogP contribution is -2.35. The second-order valence-corrected chi connectivity index (χ2v) is 6.33. The number of aryl methyl sites for hydroxylation is 1. The maximum Gasteiger partial charge on any atom is 0.243 e. The summed E-state index contributed by atoms with van der Waals surface area (Å²) in [4.78, 5) is 26.6. The van der Waals surface area contributed by atoms with Crippen molar-refractivity contribution in [2.24, 2.45) is 0 Å². The molecule has 2 aromatic rings. The van der Waals surface area contributed by atoms with Crippen LogP contribution in [0.2, 0.25) is 0 Å². The average Bonchev–Trinajstić information content (AvgIpc) is 2.96. The standard InChI is InChI=1S/C17H20N2O2S/c1-12-6-4-8-15(13(12)2)18-16(20)11-19(3)17(21)10-14-7-5-9-22-14/h4-9H,10-11H2,1-3H3,(H,18,20). The second-order valence-electron chi connectivity index (χ2n) is 5.30. The summed E-state index contributed by atoms with van der Waals surface area (Å²) < 4.78 is 0. The molecule has 1 heterocycles. The Hall–Kier alpha value is -2.14. The van der Waals surface area contributed by atoms with Gasteiger partial charge in [0.15, 0.2) is 0 Å². The number of rotatable bonds is 5. The van der Waals surface area contributed by atoms with E-state index >= 15 is 0 Å². The predicted octanol–water partition coefficient (Wildman–Crippen LogP) is 3.00. The van der Waals surface area contributed by atoms with Gasteiger partial charge in [0.05, 0.1) is 13.0 Å². The van der Waals surface area contributed by atoms with Crippen molar-refractivity contribution < 1.29 is 9.59 Å². The zero-order valence-corrected chi connectivity index (χ0v) is 13.9. The fourth-order valence-corrected chi connectivity index (χ4v) is 2.77. The van der Waals surface area contributed by atoms with E-state index in [1.54, 1.807) is 18.4 Å². The molecular formula is C17H20N2O2S. The van der Waals surface area contributed by atoms with Crippen molar-refractivity contribution in [3.63, 3.8) is 0 Å². The average molecular weight is 316 g/mol. The minimum absolute atomic E-state index is 0.0532. The van der Waals surface area contributed by atoms with Gasteiger partial charge in [-0.25, -0.2) is 0 Å². The van der Waals surface area contributed by atoms with Gasteiger partial charge in [0.2, 0.25) is 11.8 Å². The molecule has 0 aliphatic carbocycles. The molecule has 0 aliphatic heterocycles. The third-order valence-electron chi connectivity index (χ3n) is 3.59. The Morgan fingerprint density at radius 2 is 1.95 bits per heavy atom. The molecule has 5 heteroatoms. The van der Waals surface area contributed by atoms with Crippen molar-refractivity contribution >= 4 is 28.8 Å². The first-order valence-corrected chi connectivity index (χ1v) is 7.97. The first-order valence-electron chi connectivity index (χ1n) is 7.10. The van der Waals surface area contributed by atoms with Gasteiger partial charge in [-0.2, -0.15) is 0 Å². The van der Waals surface area contributed by atoms with E-state index in [2.05, 4.69) is 5.32 Å². The molecule has 1 aromatic carbocycles. The molecule has 1 N–H and O–H groups in total. The molecule has 0 spiro atoms. The van der Waals surface area contributed by atoms with Crippen LogP contribution in [0.5, 0.6) is 0 Å². The predicted molar refractivity (Wildman–Crippen MR) is 90.2 cm³/mol. The van der Waals surface area contributed by atoms with Crippen LogP contribution in [0.1, 0.15) is 16.0 Å². The van der Waals surface area contributed by atoms with Crippen LogP contribution in [0, 0.1) is 13.8 Å². The van der Waals surface area contributed by atoms with Crippen LogP contribution >= 0.6 is 11.3 Å². The van der Waals surface area contributed by atoms with E-state index in [0.29, 0.717) is 6.42 Å². The molecule has 0 atom stereocenters. The molecule has 2 amide bonds. The molecule has 0 saturated carbocycles. The summed E-state index contributed by atoms with van der Waals surface area (Å²) in [7, 11) is 1.65. The summed E-state index contributed by atoms with van der Waals surface area (Å²) in [5.41, 5.74) is 2.97. The molecule has 0 fully saturated rings. The molecule has 0 bridgehead atoms. The number of hydrogen-bond donors (Lipinski definition) is 1. The van der Waals surface area contributed by atoms with E-state index in [-0.39, 0.29) is 18.4 Å². The lowest BCUT2D eigenvalue weighted by Gasteiger charge is -2.17. The van der Waals surface area contributed by atoms with E-state index in [4.69, 9.17) is 0 Å². The van der Waals surface area contributed by atoms with Gasteiger partial charge in [-0.15, -0.1) is 11.3 Å². The molecule has 22 heavy (non-hydrogen) atoms. The Bertz CT molecular complexity index is 665. The Morgan fingerprint density at radius 3 is 2.64 bits per heavy atom. The Morgan fingerprint density at radius 1 is 1.18 bits per heavy atom. The van der Waals surface area contributed by atoms with Crippen molar-refractivity contribution in [3.05, 3.63) is 51.7 Å². The minimum Gasteiger partial charge on any atom is -0.336 e.